The average Bonchev–Trinajstić information content (AvgIpc) is 2.94. The Morgan fingerprint density at radius 1 is 1.37 bits per heavy atom. The predicted octanol–water partition coefficient (Wildman–Crippen LogP) is 4.43. The fraction of sp³-hybridized carbons (Fsp3) is 0.188. The number of allylic oxidation sites excluding steroid dienone is 4. The molecule has 19 heavy (non-hydrogen) atoms. The number of H-pyrrole nitrogens is 1. The number of furan rings is 1. The van der Waals surface area contributed by atoms with Crippen LogP contribution in [0, 0.1) is 13.8 Å². The van der Waals surface area contributed by atoms with E-state index in [1.807, 2.05) is 39.0 Å². The summed E-state index contributed by atoms with van der Waals surface area (Å²) in [6.07, 6.45) is 3.62. The summed E-state index contributed by atoms with van der Waals surface area (Å²) in [6.45, 7) is 13.6. The smallest absolute Gasteiger partial charge is 0.173 e. The number of nitrogens with zero attached hydrogens (tertiary/aromatic N) is 1. The Morgan fingerprint density at radius 2 is 2.11 bits per heavy atom. The van der Waals surface area contributed by atoms with E-state index in [0.717, 1.165) is 39.9 Å². The number of hydrogen-bond acceptors (Lipinski definition) is 2. The van der Waals surface area contributed by atoms with Crippen molar-refractivity contribution in [2.45, 2.75) is 20.8 Å². The number of nitrogens with one attached hydrogen (secondary N) is 1. The fourth-order valence-corrected chi connectivity index (χ4v) is 1.83. The molecule has 2 aromatic heterocycles. The number of aromatic nitrogens is 2. The zero-order chi connectivity index (χ0) is 14.0. The van der Waals surface area contributed by atoms with Crippen LogP contribution in [-0.2, 0) is 0 Å². The third-order valence-electron chi connectivity index (χ3n) is 2.98. The Hall–Kier alpha value is -2.29. The SMILES string of the molecule is C=C/C=C(\C(=C)C)c1ccc(-c2nc(C)c(C)[nH]2)o1. The van der Waals surface area contributed by atoms with Crippen LogP contribution in [0.2, 0.25) is 0 Å². The first kappa shape index (κ1) is 13.1. The van der Waals surface area contributed by atoms with Crippen molar-refractivity contribution >= 4 is 5.57 Å². The lowest BCUT2D eigenvalue weighted by Crippen LogP contribution is -1.82. The molecule has 0 aliphatic rings. The molecule has 0 unspecified atom stereocenters. The minimum atomic E-state index is 0.724. The maximum Gasteiger partial charge on any atom is 0.173 e. The lowest BCUT2D eigenvalue weighted by molar-refractivity contribution is 0.564. The first-order chi connectivity index (χ1) is 9.02. The van der Waals surface area contributed by atoms with Gasteiger partial charge in [0, 0.05) is 11.3 Å². The third kappa shape index (κ3) is 2.60. The van der Waals surface area contributed by atoms with Crippen molar-refractivity contribution in [2.24, 2.45) is 0 Å². The molecule has 2 heterocycles. The lowest BCUT2D eigenvalue weighted by Gasteiger charge is -2.01. The number of aromatic amines is 1. The highest BCUT2D eigenvalue weighted by molar-refractivity contribution is 5.76. The van der Waals surface area contributed by atoms with Gasteiger partial charge in [0.2, 0.25) is 0 Å². The molecule has 3 nitrogen and oxygen atoms in total. The van der Waals surface area contributed by atoms with Crippen LogP contribution in [-0.4, -0.2) is 9.97 Å². The zero-order valence-electron chi connectivity index (χ0n) is 11.6. The second-order valence-corrected chi connectivity index (χ2v) is 4.56. The van der Waals surface area contributed by atoms with Crippen molar-refractivity contribution in [2.75, 3.05) is 0 Å². The van der Waals surface area contributed by atoms with E-state index in [1.54, 1.807) is 6.08 Å². The molecule has 1 N–H and O–H groups in total. The maximum atomic E-state index is 5.84. The van der Waals surface area contributed by atoms with E-state index in [4.69, 9.17) is 4.42 Å². The number of hydrogen-bond donors (Lipinski definition) is 1. The minimum absolute atomic E-state index is 0.724. The summed E-state index contributed by atoms with van der Waals surface area (Å²) in [7, 11) is 0. The molecule has 3 heteroatoms. The van der Waals surface area contributed by atoms with E-state index in [-0.39, 0.29) is 0 Å². The lowest BCUT2D eigenvalue weighted by atomic mass is 10.1. The second-order valence-electron chi connectivity index (χ2n) is 4.56. The molecule has 0 atom stereocenters. The van der Waals surface area contributed by atoms with Crippen LogP contribution in [0.25, 0.3) is 17.2 Å². The van der Waals surface area contributed by atoms with E-state index in [9.17, 15) is 0 Å². The second kappa shape index (κ2) is 5.14. The topological polar surface area (TPSA) is 41.8 Å². The molecule has 0 fully saturated rings. The van der Waals surface area contributed by atoms with Crippen molar-refractivity contribution in [1.82, 2.24) is 9.97 Å². The van der Waals surface area contributed by atoms with Crippen molar-refractivity contribution in [1.29, 1.82) is 0 Å². The maximum absolute atomic E-state index is 5.84. The van der Waals surface area contributed by atoms with Crippen LogP contribution in [0.4, 0.5) is 0 Å². The third-order valence-corrected chi connectivity index (χ3v) is 2.98. The Labute approximate surface area is 113 Å². The standard InChI is InChI=1S/C16H18N2O/c1-6-7-13(10(2)3)14-8-9-15(19-14)16-17-11(4)12(5)18-16/h6-9H,1-2H2,3-5H3,(H,17,18)/b13-7+. The van der Waals surface area contributed by atoms with Crippen LogP contribution in [0.3, 0.4) is 0 Å². The van der Waals surface area contributed by atoms with E-state index in [1.165, 1.54) is 0 Å². The predicted molar refractivity (Wildman–Crippen MR) is 78.8 cm³/mol. The minimum Gasteiger partial charge on any atom is -0.453 e. The normalized spacial score (nSPS) is 11.6. The van der Waals surface area contributed by atoms with Gasteiger partial charge in [-0.2, -0.15) is 0 Å². The van der Waals surface area contributed by atoms with Gasteiger partial charge in [-0.1, -0.05) is 25.3 Å². The van der Waals surface area contributed by atoms with Crippen LogP contribution >= 0.6 is 0 Å². The molecule has 0 aliphatic heterocycles. The van der Waals surface area contributed by atoms with Gasteiger partial charge < -0.3 is 9.40 Å². The van der Waals surface area contributed by atoms with Crippen LogP contribution in [0.15, 0.2) is 47.4 Å². The van der Waals surface area contributed by atoms with E-state index >= 15 is 0 Å². The van der Waals surface area contributed by atoms with Gasteiger partial charge in [-0.25, -0.2) is 4.98 Å². The van der Waals surface area contributed by atoms with Crippen LogP contribution in [0.5, 0.6) is 0 Å². The van der Waals surface area contributed by atoms with E-state index in [0.29, 0.717) is 0 Å². The summed E-state index contributed by atoms with van der Waals surface area (Å²) in [5, 5.41) is 0. The van der Waals surface area contributed by atoms with Gasteiger partial charge in [0.1, 0.15) is 5.76 Å². The summed E-state index contributed by atoms with van der Waals surface area (Å²) in [5.74, 6) is 2.25. The Kier molecular flexibility index (Phi) is 3.56. The van der Waals surface area contributed by atoms with Crippen molar-refractivity contribution in [3.05, 3.63) is 60.2 Å². The summed E-state index contributed by atoms with van der Waals surface area (Å²) in [6, 6.07) is 3.83. The largest absolute Gasteiger partial charge is 0.453 e. The van der Waals surface area contributed by atoms with E-state index < -0.39 is 0 Å². The summed E-state index contributed by atoms with van der Waals surface area (Å²) >= 11 is 0. The molecule has 0 aromatic carbocycles. The van der Waals surface area contributed by atoms with Crippen molar-refractivity contribution < 1.29 is 4.42 Å². The Bertz CT molecular complexity index is 637. The molecular formula is C16H18N2O. The van der Waals surface area contributed by atoms with E-state index in [2.05, 4.69) is 23.1 Å². The molecule has 0 bridgehead atoms. The van der Waals surface area contributed by atoms with Gasteiger partial charge in [-0.3, -0.25) is 0 Å². The summed E-state index contributed by atoms with van der Waals surface area (Å²) < 4.78 is 5.84. The highest BCUT2D eigenvalue weighted by atomic mass is 16.3. The van der Waals surface area contributed by atoms with Gasteiger partial charge >= 0.3 is 0 Å². The molecule has 0 spiro atoms. The Morgan fingerprint density at radius 3 is 2.63 bits per heavy atom. The van der Waals surface area contributed by atoms with Crippen LogP contribution in [0.1, 0.15) is 24.1 Å². The highest BCUT2D eigenvalue weighted by Gasteiger charge is 2.12. The molecule has 2 rings (SSSR count). The molecule has 0 amide bonds. The quantitative estimate of drug-likeness (QED) is 0.820. The number of rotatable bonds is 4. The average molecular weight is 254 g/mol. The van der Waals surface area contributed by atoms with Gasteiger partial charge in [0.15, 0.2) is 11.6 Å². The zero-order valence-corrected chi connectivity index (χ0v) is 11.6. The summed E-state index contributed by atoms with van der Waals surface area (Å²) in [5.41, 5.74) is 3.92. The van der Waals surface area contributed by atoms with Crippen LogP contribution < -0.4 is 0 Å². The first-order valence-corrected chi connectivity index (χ1v) is 6.15. The van der Waals surface area contributed by atoms with Gasteiger partial charge in [0.25, 0.3) is 0 Å². The van der Waals surface area contributed by atoms with Crippen molar-refractivity contribution in [3.8, 4) is 11.6 Å². The van der Waals surface area contributed by atoms with Crippen molar-refractivity contribution in [3.63, 3.8) is 0 Å². The molecule has 0 saturated carbocycles. The first-order valence-electron chi connectivity index (χ1n) is 6.15. The Balaban J connectivity index is 2.40. The number of aryl methyl sites for hydroxylation is 2. The molecule has 0 aliphatic carbocycles. The summed E-state index contributed by atoms with van der Waals surface area (Å²) in [4.78, 5) is 7.64. The molecule has 0 saturated heterocycles. The fourth-order valence-electron chi connectivity index (χ4n) is 1.83. The highest BCUT2D eigenvalue weighted by Crippen LogP contribution is 2.28. The molecular weight excluding hydrogens is 236 g/mol. The molecule has 2 aromatic rings. The molecule has 0 radical (unpaired) electrons. The van der Waals surface area contributed by atoms with Gasteiger partial charge in [-0.15, -0.1) is 0 Å². The van der Waals surface area contributed by atoms with Gasteiger partial charge in [-0.05, 0) is 38.5 Å². The number of imidazole rings is 1. The monoisotopic (exact) mass is 254 g/mol. The molecule has 98 valence electrons. The van der Waals surface area contributed by atoms with Gasteiger partial charge in [0.05, 0.1) is 5.69 Å².